The predicted octanol–water partition coefficient (Wildman–Crippen LogP) is 2.26. The molecule has 0 spiro atoms. The molecule has 1 N–H and O–H groups in total. The lowest BCUT2D eigenvalue weighted by atomic mass is 9.80. The molecular formula is C16H22N2O3. The molecule has 1 saturated carbocycles. The van der Waals surface area contributed by atoms with Crippen molar-refractivity contribution >= 4 is 11.9 Å². The van der Waals surface area contributed by atoms with Crippen molar-refractivity contribution in [3.8, 4) is 0 Å². The van der Waals surface area contributed by atoms with Crippen molar-refractivity contribution < 1.29 is 14.7 Å². The molecular weight excluding hydrogens is 268 g/mol. The van der Waals surface area contributed by atoms with Gasteiger partial charge in [-0.15, -0.1) is 0 Å². The van der Waals surface area contributed by atoms with Gasteiger partial charge in [0.2, 0.25) is 5.91 Å². The minimum Gasteiger partial charge on any atom is -0.479 e. The van der Waals surface area contributed by atoms with E-state index in [-0.39, 0.29) is 5.91 Å². The van der Waals surface area contributed by atoms with Crippen molar-refractivity contribution in [1.82, 2.24) is 9.88 Å². The van der Waals surface area contributed by atoms with Gasteiger partial charge in [0.1, 0.15) is 5.54 Å². The topological polar surface area (TPSA) is 70.5 Å². The van der Waals surface area contributed by atoms with Crippen LogP contribution in [0.4, 0.5) is 0 Å². The van der Waals surface area contributed by atoms with Crippen molar-refractivity contribution in [2.75, 3.05) is 7.05 Å². The Bertz CT molecular complexity index is 496. The van der Waals surface area contributed by atoms with E-state index in [2.05, 4.69) is 4.98 Å². The Morgan fingerprint density at radius 3 is 2.57 bits per heavy atom. The first kappa shape index (κ1) is 15.5. The fraction of sp³-hybridized carbons (Fsp3) is 0.562. The summed E-state index contributed by atoms with van der Waals surface area (Å²) < 4.78 is 0. The van der Waals surface area contributed by atoms with Gasteiger partial charge in [0.15, 0.2) is 0 Å². The number of likely N-dealkylation sites (N-methyl/N-ethyl adjacent to an activating group) is 1. The van der Waals surface area contributed by atoms with E-state index in [4.69, 9.17) is 0 Å². The number of carboxylic acids is 1. The summed E-state index contributed by atoms with van der Waals surface area (Å²) in [6.45, 7) is 0. The highest BCUT2D eigenvalue weighted by molar-refractivity contribution is 5.87. The van der Waals surface area contributed by atoms with E-state index < -0.39 is 11.5 Å². The summed E-state index contributed by atoms with van der Waals surface area (Å²) in [5.74, 6) is -0.999. The molecule has 0 bridgehead atoms. The molecule has 5 nitrogen and oxygen atoms in total. The first-order chi connectivity index (χ1) is 10.1. The zero-order chi connectivity index (χ0) is 15.3. The van der Waals surface area contributed by atoms with Crippen LogP contribution in [0.15, 0.2) is 24.4 Å². The van der Waals surface area contributed by atoms with E-state index in [9.17, 15) is 14.7 Å². The van der Waals surface area contributed by atoms with Crippen molar-refractivity contribution in [2.24, 2.45) is 0 Å². The second-order valence-electron chi connectivity index (χ2n) is 5.67. The molecule has 2 rings (SSSR count). The quantitative estimate of drug-likeness (QED) is 0.903. The van der Waals surface area contributed by atoms with Crippen LogP contribution in [0.3, 0.4) is 0 Å². The van der Waals surface area contributed by atoms with Gasteiger partial charge in [0, 0.05) is 25.4 Å². The van der Waals surface area contributed by atoms with Gasteiger partial charge in [0.25, 0.3) is 0 Å². The van der Waals surface area contributed by atoms with E-state index in [0.29, 0.717) is 25.7 Å². The number of aryl methyl sites for hydroxylation is 1. The van der Waals surface area contributed by atoms with Crippen molar-refractivity contribution in [1.29, 1.82) is 0 Å². The summed E-state index contributed by atoms with van der Waals surface area (Å²) in [7, 11) is 1.63. The van der Waals surface area contributed by atoms with Gasteiger partial charge >= 0.3 is 5.97 Å². The zero-order valence-corrected chi connectivity index (χ0v) is 12.4. The molecule has 1 amide bonds. The summed E-state index contributed by atoms with van der Waals surface area (Å²) in [5, 5.41) is 9.59. The third kappa shape index (κ3) is 3.40. The van der Waals surface area contributed by atoms with E-state index in [0.717, 1.165) is 25.0 Å². The first-order valence-corrected chi connectivity index (χ1v) is 7.46. The molecule has 0 aliphatic heterocycles. The number of nitrogens with zero attached hydrogens (tertiary/aromatic N) is 2. The molecule has 1 heterocycles. The largest absolute Gasteiger partial charge is 0.479 e. The third-order valence-electron chi connectivity index (χ3n) is 4.42. The number of carboxylic acid groups (broad SMARTS) is 1. The summed E-state index contributed by atoms with van der Waals surface area (Å²) in [4.78, 5) is 29.7. The van der Waals surface area contributed by atoms with Crippen molar-refractivity contribution in [2.45, 2.75) is 50.5 Å². The smallest absolute Gasteiger partial charge is 0.329 e. The molecule has 0 radical (unpaired) electrons. The van der Waals surface area contributed by atoms with Gasteiger partial charge in [-0.05, 0) is 31.4 Å². The fourth-order valence-electron chi connectivity index (χ4n) is 3.02. The maximum Gasteiger partial charge on any atom is 0.329 e. The number of pyridine rings is 1. The number of hydrogen-bond acceptors (Lipinski definition) is 3. The number of hydrogen-bond donors (Lipinski definition) is 1. The van der Waals surface area contributed by atoms with Gasteiger partial charge < -0.3 is 10.0 Å². The van der Waals surface area contributed by atoms with E-state index in [1.54, 1.807) is 13.2 Å². The van der Waals surface area contributed by atoms with Crippen LogP contribution in [0.5, 0.6) is 0 Å². The maximum absolute atomic E-state index is 12.4. The van der Waals surface area contributed by atoms with Crippen LogP contribution in [-0.4, -0.2) is 39.5 Å². The lowest BCUT2D eigenvalue weighted by Crippen LogP contribution is -2.56. The Hall–Kier alpha value is -1.91. The van der Waals surface area contributed by atoms with Gasteiger partial charge in [-0.1, -0.05) is 25.3 Å². The van der Waals surface area contributed by atoms with Crippen LogP contribution in [0.25, 0.3) is 0 Å². The Labute approximate surface area is 125 Å². The van der Waals surface area contributed by atoms with E-state index >= 15 is 0 Å². The molecule has 114 valence electrons. The number of aromatic nitrogens is 1. The second kappa shape index (κ2) is 6.70. The van der Waals surface area contributed by atoms with Crippen molar-refractivity contribution in [3.05, 3.63) is 30.1 Å². The molecule has 1 aromatic rings. The molecule has 21 heavy (non-hydrogen) atoms. The number of amides is 1. The highest BCUT2D eigenvalue weighted by Gasteiger charge is 2.45. The van der Waals surface area contributed by atoms with Crippen LogP contribution >= 0.6 is 0 Å². The Morgan fingerprint density at radius 2 is 2.00 bits per heavy atom. The number of carbonyl (C=O) groups excluding carboxylic acids is 1. The molecule has 0 saturated heterocycles. The summed E-state index contributed by atoms with van der Waals surface area (Å²) in [5.41, 5.74) is -0.160. The number of carbonyl (C=O) groups is 2. The molecule has 0 aromatic carbocycles. The molecule has 1 aromatic heterocycles. The Morgan fingerprint density at radius 1 is 1.29 bits per heavy atom. The third-order valence-corrected chi connectivity index (χ3v) is 4.42. The SMILES string of the molecule is CN(C(=O)CCc1ccccn1)C1(C(=O)O)CCCCC1. The lowest BCUT2D eigenvalue weighted by molar-refractivity contribution is -0.160. The zero-order valence-electron chi connectivity index (χ0n) is 12.4. The number of rotatable bonds is 5. The van der Waals surface area contributed by atoms with Gasteiger partial charge in [0.05, 0.1) is 0 Å². The average Bonchev–Trinajstić information content (AvgIpc) is 2.53. The average molecular weight is 290 g/mol. The van der Waals surface area contributed by atoms with E-state index in [1.807, 2.05) is 18.2 Å². The standard InChI is InChI=1S/C16H22N2O3/c1-18(16(15(20)21)10-4-2-5-11-16)14(19)9-8-13-7-3-6-12-17-13/h3,6-7,12H,2,4-5,8-11H2,1H3,(H,20,21). The number of aliphatic carboxylic acids is 1. The Kier molecular flexibility index (Phi) is 4.94. The van der Waals surface area contributed by atoms with Crippen molar-refractivity contribution in [3.63, 3.8) is 0 Å². The minimum absolute atomic E-state index is 0.120. The molecule has 1 fully saturated rings. The molecule has 0 unspecified atom stereocenters. The Balaban J connectivity index is 2.01. The first-order valence-electron chi connectivity index (χ1n) is 7.46. The fourth-order valence-corrected chi connectivity index (χ4v) is 3.02. The lowest BCUT2D eigenvalue weighted by Gasteiger charge is -2.41. The summed E-state index contributed by atoms with van der Waals surface area (Å²) in [6, 6.07) is 5.59. The predicted molar refractivity (Wildman–Crippen MR) is 78.8 cm³/mol. The van der Waals surface area contributed by atoms with Gasteiger partial charge in [-0.3, -0.25) is 9.78 Å². The van der Waals surface area contributed by atoms with Crippen LogP contribution in [0, 0.1) is 0 Å². The summed E-state index contributed by atoms with van der Waals surface area (Å²) >= 11 is 0. The van der Waals surface area contributed by atoms with Crippen LogP contribution < -0.4 is 0 Å². The monoisotopic (exact) mass is 290 g/mol. The normalized spacial score (nSPS) is 17.2. The second-order valence-corrected chi connectivity index (χ2v) is 5.67. The van der Waals surface area contributed by atoms with Gasteiger partial charge in [-0.2, -0.15) is 0 Å². The highest BCUT2D eigenvalue weighted by atomic mass is 16.4. The molecule has 0 atom stereocenters. The van der Waals surface area contributed by atoms with Crippen LogP contribution in [0.1, 0.15) is 44.2 Å². The maximum atomic E-state index is 12.4. The molecule has 5 heteroatoms. The van der Waals surface area contributed by atoms with Crippen LogP contribution in [0.2, 0.25) is 0 Å². The van der Waals surface area contributed by atoms with Gasteiger partial charge in [-0.25, -0.2) is 4.79 Å². The van der Waals surface area contributed by atoms with E-state index in [1.165, 1.54) is 4.90 Å². The minimum atomic E-state index is -1.01. The summed E-state index contributed by atoms with van der Waals surface area (Å²) in [6.07, 6.45) is 6.41. The van der Waals surface area contributed by atoms with Crippen LogP contribution in [-0.2, 0) is 16.0 Å². The highest BCUT2D eigenvalue weighted by Crippen LogP contribution is 2.33. The molecule has 1 aliphatic rings. The molecule has 1 aliphatic carbocycles.